The molecule has 1 aromatic carbocycles. The minimum Gasteiger partial charge on any atom is -0.197 e. The maximum absolute atomic E-state index is 9.50. The molecule has 1 nitrogen and oxygen atoms in total. The van der Waals surface area contributed by atoms with Crippen molar-refractivity contribution in [3.63, 3.8) is 0 Å². The van der Waals surface area contributed by atoms with E-state index in [9.17, 15) is 5.26 Å². The number of allylic oxidation sites excluding steroid dienone is 1. The van der Waals surface area contributed by atoms with Gasteiger partial charge in [-0.1, -0.05) is 49.8 Å². The number of hydrogen-bond donors (Lipinski definition) is 0. The van der Waals surface area contributed by atoms with Gasteiger partial charge in [-0.25, -0.2) is 0 Å². The third kappa shape index (κ3) is 2.73. The van der Waals surface area contributed by atoms with Crippen LogP contribution in [0, 0.1) is 11.3 Å². The summed E-state index contributed by atoms with van der Waals surface area (Å²) in [5.41, 5.74) is 0.811. The highest BCUT2D eigenvalue weighted by Gasteiger charge is 2.30. The minimum absolute atomic E-state index is 0.329. The lowest BCUT2D eigenvalue weighted by atomic mass is 9.74. The van der Waals surface area contributed by atoms with Crippen molar-refractivity contribution < 1.29 is 0 Å². The number of nitriles is 1. The van der Waals surface area contributed by atoms with E-state index in [1.54, 1.807) is 0 Å². The summed E-state index contributed by atoms with van der Waals surface area (Å²) in [5, 5.41) is 9.50. The third-order valence-electron chi connectivity index (χ3n) is 2.99. The van der Waals surface area contributed by atoms with E-state index in [4.69, 9.17) is 0 Å². The quantitative estimate of drug-likeness (QED) is 0.649. The molecule has 0 aliphatic carbocycles. The van der Waals surface area contributed by atoms with Crippen LogP contribution in [0.4, 0.5) is 0 Å². The van der Waals surface area contributed by atoms with Crippen molar-refractivity contribution in [3.8, 4) is 6.07 Å². The Bertz CT molecular complexity index is 361. The van der Waals surface area contributed by atoms with Gasteiger partial charge < -0.3 is 0 Å². The van der Waals surface area contributed by atoms with Crippen molar-refractivity contribution in [2.45, 2.75) is 38.0 Å². The van der Waals surface area contributed by atoms with Crippen molar-refractivity contribution in [1.29, 1.82) is 5.26 Å². The number of hydrogen-bond acceptors (Lipinski definition) is 1. The summed E-state index contributed by atoms with van der Waals surface area (Å²) in [5.74, 6) is 0. The van der Waals surface area contributed by atoms with Crippen LogP contribution in [0.2, 0.25) is 0 Å². The average Bonchev–Trinajstić information content (AvgIpc) is 2.36. The molecule has 0 saturated carbocycles. The maximum Gasteiger partial charge on any atom is 0.0825 e. The molecular weight excluding hydrogens is 194 g/mol. The molecule has 0 saturated heterocycles. The first-order valence-corrected chi connectivity index (χ1v) is 5.87. The summed E-state index contributed by atoms with van der Waals surface area (Å²) >= 11 is 0. The molecule has 1 rings (SSSR count). The lowest BCUT2D eigenvalue weighted by Crippen LogP contribution is -2.23. The van der Waals surface area contributed by atoms with Crippen LogP contribution >= 0.6 is 0 Å². The summed E-state index contributed by atoms with van der Waals surface area (Å²) in [6.07, 6.45) is 5.60. The van der Waals surface area contributed by atoms with Gasteiger partial charge in [-0.15, -0.1) is 6.58 Å². The fraction of sp³-hybridized carbons (Fsp3) is 0.400. The predicted octanol–water partition coefficient (Wildman–Crippen LogP) is 4.21. The molecule has 0 aliphatic rings. The Morgan fingerprint density at radius 2 is 2.00 bits per heavy atom. The van der Waals surface area contributed by atoms with Gasteiger partial charge in [0.15, 0.2) is 0 Å². The Balaban J connectivity index is 3.02. The molecule has 1 unspecified atom stereocenters. The second-order valence-corrected chi connectivity index (χ2v) is 4.14. The van der Waals surface area contributed by atoms with Crippen LogP contribution in [0.25, 0.3) is 0 Å². The zero-order valence-electron chi connectivity index (χ0n) is 9.95. The van der Waals surface area contributed by atoms with Gasteiger partial charge in [-0.3, -0.25) is 0 Å². The topological polar surface area (TPSA) is 23.8 Å². The van der Waals surface area contributed by atoms with Gasteiger partial charge in [-0.05, 0) is 24.8 Å². The fourth-order valence-corrected chi connectivity index (χ4v) is 2.12. The second-order valence-electron chi connectivity index (χ2n) is 4.14. The zero-order valence-corrected chi connectivity index (χ0v) is 9.95. The Morgan fingerprint density at radius 1 is 1.31 bits per heavy atom. The van der Waals surface area contributed by atoms with Crippen LogP contribution in [0.1, 0.15) is 38.2 Å². The third-order valence-corrected chi connectivity index (χ3v) is 2.99. The fourth-order valence-electron chi connectivity index (χ4n) is 2.12. The molecule has 0 bridgehead atoms. The number of nitrogens with zero attached hydrogens (tertiary/aromatic N) is 1. The van der Waals surface area contributed by atoms with Crippen molar-refractivity contribution in [2.24, 2.45) is 0 Å². The van der Waals surface area contributed by atoms with E-state index in [2.05, 4.69) is 31.7 Å². The highest BCUT2D eigenvalue weighted by molar-refractivity contribution is 5.32. The number of rotatable bonds is 6. The van der Waals surface area contributed by atoms with Crippen LogP contribution in [-0.4, -0.2) is 0 Å². The molecule has 0 amide bonds. The Labute approximate surface area is 98.4 Å². The summed E-state index contributed by atoms with van der Waals surface area (Å²) in [7, 11) is 0. The van der Waals surface area contributed by atoms with Crippen molar-refractivity contribution in [1.82, 2.24) is 0 Å². The summed E-state index contributed by atoms with van der Waals surface area (Å²) in [6.45, 7) is 5.87. The van der Waals surface area contributed by atoms with Gasteiger partial charge in [0, 0.05) is 0 Å². The smallest absolute Gasteiger partial charge is 0.0825 e. The Hall–Kier alpha value is -1.55. The SMILES string of the molecule is C=CCCC(C#N)(CCC)c1ccccc1. The molecule has 0 N–H and O–H groups in total. The molecule has 1 heteroatoms. The zero-order chi connectivity index (χ0) is 11.9. The summed E-state index contributed by atoms with van der Waals surface area (Å²) in [6, 6.07) is 12.6. The lowest BCUT2D eigenvalue weighted by Gasteiger charge is -2.26. The first kappa shape index (κ1) is 12.5. The Kier molecular flexibility index (Phi) is 4.79. The standard InChI is InChI=1S/C15H19N/c1-3-5-12-15(13-16,11-4-2)14-9-7-6-8-10-14/h3,6-10H,1,4-5,11-12H2,2H3. The van der Waals surface area contributed by atoms with Crippen molar-refractivity contribution in [2.75, 3.05) is 0 Å². The Morgan fingerprint density at radius 3 is 2.50 bits per heavy atom. The largest absolute Gasteiger partial charge is 0.197 e. The van der Waals surface area contributed by atoms with E-state index in [0.29, 0.717) is 0 Å². The maximum atomic E-state index is 9.50. The van der Waals surface area contributed by atoms with Gasteiger partial charge in [0.1, 0.15) is 0 Å². The first-order valence-electron chi connectivity index (χ1n) is 5.87. The molecule has 0 aromatic heterocycles. The van der Waals surface area contributed by atoms with Crippen LogP contribution in [0.15, 0.2) is 43.0 Å². The van der Waals surface area contributed by atoms with Gasteiger partial charge in [0.2, 0.25) is 0 Å². The monoisotopic (exact) mass is 213 g/mol. The highest BCUT2D eigenvalue weighted by atomic mass is 14.4. The van der Waals surface area contributed by atoms with Crippen LogP contribution in [-0.2, 0) is 5.41 Å². The van der Waals surface area contributed by atoms with E-state index >= 15 is 0 Å². The highest BCUT2D eigenvalue weighted by Crippen LogP contribution is 2.33. The van der Waals surface area contributed by atoms with Crippen LogP contribution < -0.4 is 0 Å². The molecule has 16 heavy (non-hydrogen) atoms. The first-order chi connectivity index (χ1) is 7.79. The van der Waals surface area contributed by atoms with Crippen molar-refractivity contribution in [3.05, 3.63) is 48.6 Å². The van der Waals surface area contributed by atoms with E-state index < -0.39 is 0 Å². The molecule has 0 radical (unpaired) electrons. The van der Waals surface area contributed by atoms with E-state index in [1.807, 2.05) is 24.3 Å². The molecular formula is C15H19N. The molecule has 84 valence electrons. The number of benzene rings is 1. The minimum atomic E-state index is -0.329. The van der Waals surface area contributed by atoms with Gasteiger partial charge in [0.05, 0.1) is 11.5 Å². The lowest BCUT2D eigenvalue weighted by molar-refractivity contribution is 0.463. The molecule has 0 aliphatic heterocycles. The van der Waals surface area contributed by atoms with Crippen molar-refractivity contribution >= 4 is 0 Å². The summed E-state index contributed by atoms with van der Waals surface area (Å²) < 4.78 is 0. The molecule has 1 aromatic rings. The molecule has 0 fully saturated rings. The van der Waals surface area contributed by atoms with Crippen LogP contribution in [0.3, 0.4) is 0 Å². The second kappa shape index (κ2) is 6.12. The molecule has 0 heterocycles. The van der Waals surface area contributed by atoms with E-state index in [-0.39, 0.29) is 5.41 Å². The van der Waals surface area contributed by atoms with E-state index in [1.165, 1.54) is 0 Å². The molecule has 0 spiro atoms. The normalized spacial score (nSPS) is 13.8. The summed E-state index contributed by atoms with van der Waals surface area (Å²) in [4.78, 5) is 0. The van der Waals surface area contributed by atoms with Crippen LogP contribution in [0.5, 0.6) is 0 Å². The van der Waals surface area contributed by atoms with Gasteiger partial charge in [-0.2, -0.15) is 5.26 Å². The van der Waals surface area contributed by atoms with Gasteiger partial charge >= 0.3 is 0 Å². The average molecular weight is 213 g/mol. The van der Waals surface area contributed by atoms with E-state index in [0.717, 1.165) is 31.2 Å². The predicted molar refractivity (Wildman–Crippen MR) is 68.1 cm³/mol. The van der Waals surface area contributed by atoms with Gasteiger partial charge in [0.25, 0.3) is 0 Å². The molecule has 1 atom stereocenters.